The number of rotatable bonds is 9. The van der Waals surface area contributed by atoms with Gasteiger partial charge in [0.25, 0.3) is 5.56 Å². The van der Waals surface area contributed by atoms with Crippen molar-refractivity contribution in [3.8, 4) is 0 Å². The summed E-state index contributed by atoms with van der Waals surface area (Å²) >= 11 is 1.29. The fourth-order valence-electron chi connectivity index (χ4n) is 3.68. The smallest absolute Gasteiger partial charge is 0.262 e. The molecular formula is C26H27N3O3S. The monoisotopic (exact) mass is 461 g/mol. The van der Waals surface area contributed by atoms with Crippen molar-refractivity contribution in [1.29, 1.82) is 0 Å². The molecule has 4 rings (SSSR count). The van der Waals surface area contributed by atoms with E-state index in [1.54, 1.807) is 10.6 Å². The Bertz CT molecular complexity index is 1330. The minimum Gasteiger partial charge on any atom is -0.382 e. The summed E-state index contributed by atoms with van der Waals surface area (Å²) < 4.78 is 7.10. The number of ether oxygens (including phenoxy) is 1. The van der Waals surface area contributed by atoms with Crippen molar-refractivity contribution in [1.82, 2.24) is 9.55 Å². The number of nitrogens with zero attached hydrogens (tertiary/aromatic N) is 2. The van der Waals surface area contributed by atoms with E-state index in [-0.39, 0.29) is 11.5 Å². The maximum atomic E-state index is 13.2. The van der Waals surface area contributed by atoms with Gasteiger partial charge in [0, 0.05) is 30.8 Å². The van der Waals surface area contributed by atoms with Crippen LogP contribution in [0.25, 0.3) is 21.7 Å². The molecule has 33 heavy (non-hydrogen) atoms. The van der Waals surface area contributed by atoms with Crippen molar-refractivity contribution in [3.05, 3.63) is 77.1 Å². The van der Waals surface area contributed by atoms with Gasteiger partial charge in [0.1, 0.15) is 0 Å². The van der Waals surface area contributed by atoms with E-state index in [1.165, 1.54) is 11.8 Å². The Morgan fingerprint density at radius 2 is 1.79 bits per heavy atom. The second kappa shape index (κ2) is 10.6. The molecule has 170 valence electrons. The van der Waals surface area contributed by atoms with Crippen LogP contribution in [-0.2, 0) is 16.1 Å². The Balaban J connectivity index is 1.58. The van der Waals surface area contributed by atoms with Gasteiger partial charge in [-0.1, -0.05) is 60.3 Å². The van der Waals surface area contributed by atoms with Crippen LogP contribution in [0.4, 0.5) is 5.69 Å². The Labute approximate surface area is 197 Å². The molecule has 0 bridgehead atoms. The molecule has 3 aromatic carbocycles. The van der Waals surface area contributed by atoms with Gasteiger partial charge in [-0.2, -0.15) is 0 Å². The lowest BCUT2D eigenvalue weighted by Crippen LogP contribution is -2.27. The van der Waals surface area contributed by atoms with Gasteiger partial charge < -0.3 is 10.1 Å². The molecule has 0 radical (unpaired) electrons. The molecule has 0 aliphatic carbocycles. The normalized spacial score (nSPS) is 12.2. The molecule has 1 aromatic heterocycles. The first-order valence-corrected chi connectivity index (χ1v) is 12.0. The highest BCUT2D eigenvalue weighted by molar-refractivity contribution is 8.00. The lowest BCUT2D eigenvalue weighted by Gasteiger charge is -2.17. The largest absolute Gasteiger partial charge is 0.382 e. The molecule has 0 fully saturated rings. The molecular weight excluding hydrogens is 434 g/mol. The van der Waals surface area contributed by atoms with Crippen LogP contribution in [0, 0.1) is 0 Å². The van der Waals surface area contributed by atoms with Crippen LogP contribution in [0.3, 0.4) is 0 Å². The molecule has 4 aromatic rings. The number of nitrogens with one attached hydrogen (secondary N) is 1. The average Bonchev–Trinajstić information content (AvgIpc) is 2.83. The van der Waals surface area contributed by atoms with E-state index in [0.717, 1.165) is 16.5 Å². The van der Waals surface area contributed by atoms with Gasteiger partial charge in [0.2, 0.25) is 5.91 Å². The van der Waals surface area contributed by atoms with Crippen LogP contribution in [0.2, 0.25) is 0 Å². The van der Waals surface area contributed by atoms with Gasteiger partial charge in [0.15, 0.2) is 5.16 Å². The van der Waals surface area contributed by atoms with Crippen molar-refractivity contribution >= 4 is 45.0 Å². The van der Waals surface area contributed by atoms with Gasteiger partial charge in [0.05, 0.1) is 16.2 Å². The number of fused-ring (bicyclic) bond motifs is 2. The van der Waals surface area contributed by atoms with Crippen molar-refractivity contribution in [2.45, 2.75) is 37.2 Å². The van der Waals surface area contributed by atoms with Crippen LogP contribution in [0.15, 0.2) is 76.7 Å². The molecule has 6 nitrogen and oxygen atoms in total. The fourth-order valence-corrected chi connectivity index (χ4v) is 4.62. The minimum absolute atomic E-state index is 0.0961. The lowest BCUT2D eigenvalue weighted by molar-refractivity contribution is -0.115. The number of amides is 1. The minimum atomic E-state index is -0.449. The standard InChI is InChI=1S/C26H27N3O3S/c1-3-32-17-9-16-29-25(31)21-13-6-7-14-23(21)28-26(29)33-18(2)24(30)27-22-15-8-11-19-10-4-5-12-20(19)22/h4-8,10-15,18H,3,9,16-17H2,1-2H3,(H,27,30). The zero-order valence-corrected chi connectivity index (χ0v) is 19.6. The topological polar surface area (TPSA) is 73.2 Å². The van der Waals surface area contributed by atoms with Gasteiger partial charge >= 0.3 is 0 Å². The summed E-state index contributed by atoms with van der Waals surface area (Å²) in [5.74, 6) is -0.139. The zero-order chi connectivity index (χ0) is 23.2. The summed E-state index contributed by atoms with van der Waals surface area (Å²) in [6, 6.07) is 21.1. The van der Waals surface area contributed by atoms with E-state index in [2.05, 4.69) is 5.32 Å². The van der Waals surface area contributed by atoms with E-state index in [9.17, 15) is 9.59 Å². The quantitative estimate of drug-likeness (QED) is 0.213. The van der Waals surface area contributed by atoms with Crippen molar-refractivity contribution in [3.63, 3.8) is 0 Å². The summed E-state index contributed by atoms with van der Waals surface area (Å²) in [7, 11) is 0. The van der Waals surface area contributed by atoms with E-state index >= 15 is 0 Å². The average molecular weight is 462 g/mol. The number of carbonyl (C=O) groups is 1. The van der Waals surface area contributed by atoms with E-state index in [0.29, 0.717) is 42.2 Å². The Morgan fingerprint density at radius 3 is 2.61 bits per heavy atom. The Morgan fingerprint density at radius 1 is 1.06 bits per heavy atom. The number of thioether (sulfide) groups is 1. The zero-order valence-electron chi connectivity index (χ0n) is 18.8. The van der Waals surface area contributed by atoms with Crippen molar-refractivity contribution < 1.29 is 9.53 Å². The second-order valence-corrected chi connectivity index (χ2v) is 9.00. The maximum absolute atomic E-state index is 13.2. The highest BCUT2D eigenvalue weighted by atomic mass is 32.2. The maximum Gasteiger partial charge on any atom is 0.262 e. The van der Waals surface area contributed by atoms with Crippen LogP contribution >= 0.6 is 11.8 Å². The highest BCUT2D eigenvalue weighted by Gasteiger charge is 2.20. The molecule has 1 N–H and O–H groups in total. The predicted molar refractivity (Wildman–Crippen MR) is 135 cm³/mol. The van der Waals surface area contributed by atoms with Crippen LogP contribution < -0.4 is 10.9 Å². The van der Waals surface area contributed by atoms with Crippen molar-refractivity contribution in [2.75, 3.05) is 18.5 Å². The molecule has 7 heteroatoms. The molecule has 0 aliphatic heterocycles. The second-order valence-electron chi connectivity index (χ2n) is 7.69. The summed E-state index contributed by atoms with van der Waals surface area (Å²) in [6.07, 6.45) is 0.692. The SMILES string of the molecule is CCOCCCn1c(SC(C)C(=O)Nc2cccc3ccccc23)nc2ccccc2c1=O. The number of para-hydroxylation sites is 1. The summed E-state index contributed by atoms with van der Waals surface area (Å²) in [5.41, 5.74) is 1.31. The first kappa shape index (κ1) is 23.0. The van der Waals surface area contributed by atoms with Crippen molar-refractivity contribution in [2.24, 2.45) is 0 Å². The fraction of sp³-hybridized carbons (Fsp3) is 0.269. The number of anilines is 1. The van der Waals surface area contributed by atoms with Gasteiger partial charge in [-0.05, 0) is 43.9 Å². The lowest BCUT2D eigenvalue weighted by atomic mass is 10.1. The Kier molecular flexibility index (Phi) is 7.42. The number of benzene rings is 3. The molecule has 0 aliphatic rings. The van der Waals surface area contributed by atoms with Gasteiger partial charge in [-0.3, -0.25) is 14.2 Å². The molecule has 1 atom stereocenters. The molecule has 1 amide bonds. The molecule has 0 saturated carbocycles. The number of aromatic nitrogens is 2. The first-order chi connectivity index (χ1) is 16.1. The molecule has 0 spiro atoms. The third-order valence-corrected chi connectivity index (χ3v) is 6.49. The van der Waals surface area contributed by atoms with Crippen LogP contribution in [0.1, 0.15) is 20.3 Å². The van der Waals surface area contributed by atoms with Gasteiger partial charge in [-0.15, -0.1) is 0 Å². The van der Waals surface area contributed by atoms with Crippen LogP contribution in [0.5, 0.6) is 0 Å². The Hall–Kier alpha value is -3.16. The predicted octanol–water partition coefficient (Wildman–Crippen LogP) is 5.10. The van der Waals surface area contributed by atoms with E-state index in [4.69, 9.17) is 9.72 Å². The van der Waals surface area contributed by atoms with E-state index in [1.807, 2.05) is 74.5 Å². The number of hydrogen-bond donors (Lipinski definition) is 1. The third kappa shape index (κ3) is 5.26. The van der Waals surface area contributed by atoms with E-state index < -0.39 is 5.25 Å². The molecule has 0 saturated heterocycles. The highest BCUT2D eigenvalue weighted by Crippen LogP contribution is 2.26. The molecule has 1 unspecified atom stereocenters. The number of hydrogen-bond acceptors (Lipinski definition) is 5. The summed E-state index contributed by atoms with van der Waals surface area (Å²) in [6.45, 7) is 5.46. The van der Waals surface area contributed by atoms with Crippen LogP contribution in [-0.4, -0.2) is 33.9 Å². The number of carbonyl (C=O) groups excluding carboxylic acids is 1. The summed E-state index contributed by atoms with van der Waals surface area (Å²) in [4.78, 5) is 30.9. The molecule has 1 heterocycles. The van der Waals surface area contributed by atoms with Gasteiger partial charge in [-0.25, -0.2) is 4.98 Å². The first-order valence-electron chi connectivity index (χ1n) is 11.1. The summed E-state index contributed by atoms with van der Waals surface area (Å²) in [5, 5.41) is 5.76. The third-order valence-electron chi connectivity index (χ3n) is 5.40.